The maximum Gasteiger partial charge on any atom is 0.230 e. The molecule has 3 aromatic heterocycles. The quantitative estimate of drug-likeness (QED) is 0.356. The van der Waals surface area contributed by atoms with E-state index in [2.05, 4.69) is 25.6 Å². The summed E-state index contributed by atoms with van der Waals surface area (Å²) in [7, 11) is 0. The van der Waals surface area contributed by atoms with Crippen molar-refractivity contribution in [1.29, 1.82) is 0 Å². The molecule has 0 amide bonds. The van der Waals surface area contributed by atoms with Crippen LogP contribution in [-0.2, 0) is 0 Å². The maximum absolute atomic E-state index is 14.9. The molecule has 1 aliphatic rings. The first-order valence-electron chi connectivity index (χ1n) is 11.3. The number of hydrogen-bond acceptors (Lipinski definition) is 9. The minimum atomic E-state index is -0.673. The number of benzene rings is 1. The molecule has 0 saturated heterocycles. The number of pyridine rings is 1. The Bertz CT molecular complexity index is 1380. The predicted octanol–water partition coefficient (Wildman–Crippen LogP) is 4.28. The summed E-state index contributed by atoms with van der Waals surface area (Å²) in [6.45, 7) is 6.05. The van der Waals surface area contributed by atoms with Crippen molar-refractivity contribution in [2.45, 2.75) is 19.9 Å². The molecule has 9 nitrogen and oxygen atoms in total. The van der Waals surface area contributed by atoms with E-state index in [-0.39, 0.29) is 29.0 Å². The minimum Gasteiger partial charge on any atom is -0.486 e. The number of furan rings is 1. The zero-order chi connectivity index (χ0) is 24.5. The number of nitrogens with zero attached hydrogens (tertiary/aromatic N) is 4. The molecule has 5 rings (SSSR count). The molecule has 0 bridgehead atoms. The summed E-state index contributed by atoms with van der Waals surface area (Å²) < 4.78 is 40.9. The number of anilines is 4. The molecule has 0 atom stereocenters. The van der Waals surface area contributed by atoms with E-state index in [0.29, 0.717) is 49.3 Å². The fraction of sp³-hybridized carbons (Fsp3) is 0.292. The molecule has 4 aromatic rings. The van der Waals surface area contributed by atoms with Crippen molar-refractivity contribution >= 4 is 34.4 Å². The van der Waals surface area contributed by atoms with Crippen molar-refractivity contribution in [2.75, 3.05) is 41.8 Å². The zero-order valence-electron chi connectivity index (χ0n) is 19.3. The Morgan fingerprint density at radius 2 is 2.00 bits per heavy atom. The number of fused-ring (bicyclic) bond motifs is 2. The molecule has 35 heavy (non-hydrogen) atoms. The van der Waals surface area contributed by atoms with Crippen LogP contribution in [0.4, 0.5) is 32.1 Å². The second-order valence-electron chi connectivity index (χ2n) is 8.37. The largest absolute Gasteiger partial charge is 0.486 e. The van der Waals surface area contributed by atoms with Gasteiger partial charge in [-0.05, 0) is 38.1 Å². The predicted molar refractivity (Wildman–Crippen MR) is 130 cm³/mol. The fourth-order valence-corrected chi connectivity index (χ4v) is 3.99. The van der Waals surface area contributed by atoms with E-state index in [0.717, 1.165) is 11.6 Å². The molecule has 11 heteroatoms. The summed E-state index contributed by atoms with van der Waals surface area (Å²) in [5.41, 5.74) is 6.73. The van der Waals surface area contributed by atoms with Crippen molar-refractivity contribution in [3.05, 3.63) is 48.2 Å². The van der Waals surface area contributed by atoms with Gasteiger partial charge in [0.05, 0.1) is 18.4 Å². The van der Waals surface area contributed by atoms with Gasteiger partial charge >= 0.3 is 0 Å². The normalized spacial score (nSPS) is 13.1. The summed E-state index contributed by atoms with van der Waals surface area (Å²) in [5, 5.41) is 6.82. The van der Waals surface area contributed by atoms with Gasteiger partial charge < -0.3 is 30.4 Å². The molecule has 0 fully saturated rings. The van der Waals surface area contributed by atoms with Crippen molar-refractivity contribution in [3.63, 3.8) is 0 Å². The molecule has 1 aromatic carbocycles. The molecule has 1 aliphatic heterocycles. The van der Waals surface area contributed by atoms with Gasteiger partial charge in [-0.25, -0.2) is 18.7 Å². The van der Waals surface area contributed by atoms with E-state index in [9.17, 15) is 8.78 Å². The average Bonchev–Trinajstić information content (AvgIpc) is 3.25. The molecule has 0 saturated carbocycles. The van der Waals surface area contributed by atoms with Crippen molar-refractivity contribution in [1.82, 2.24) is 15.0 Å². The van der Waals surface area contributed by atoms with Crippen molar-refractivity contribution in [2.24, 2.45) is 5.73 Å². The first-order valence-corrected chi connectivity index (χ1v) is 11.3. The first-order chi connectivity index (χ1) is 16.9. The summed E-state index contributed by atoms with van der Waals surface area (Å²) in [6.07, 6.45) is 1.04. The Morgan fingerprint density at radius 1 is 1.14 bits per heavy atom. The molecule has 0 unspecified atom stereocenters. The van der Waals surface area contributed by atoms with Gasteiger partial charge in [0.2, 0.25) is 11.7 Å². The zero-order valence-corrected chi connectivity index (χ0v) is 19.3. The van der Waals surface area contributed by atoms with E-state index in [1.807, 2.05) is 30.9 Å². The molecule has 0 aliphatic carbocycles. The van der Waals surface area contributed by atoms with Crippen LogP contribution in [0.1, 0.15) is 13.8 Å². The number of halogens is 2. The Kier molecular flexibility index (Phi) is 6.08. The van der Waals surface area contributed by atoms with E-state index >= 15 is 0 Å². The number of aromatic nitrogens is 3. The van der Waals surface area contributed by atoms with Gasteiger partial charge in [-0.2, -0.15) is 4.98 Å². The highest BCUT2D eigenvalue weighted by Gasteiger charge is 2.25. The van der Waals surface area contributed by atoms with Gasteiger partial charge in [-0.1, -0.05) is 0 Å². The first kappa shape index (κ1) is 22.8. The van der Waals surface area contributed by atoms with Crippen LogP contribution in [0.5, 0.6) is 5.75 Å². The monoisotopic (exact) mass is 481 g/mol. The number of rotatable bonds is 7. The van der Waals surface area contributed by atoms with E-state index in [4.69, 9.17) is 14.9 Å². The van der Waals surface area contributed by atoms with Crippen LogP contribution in [0, 0.1) is 11.6 Å². The highest BCUT2D eigenvalue weighted by molar-refractivity contribution is 5.79. The van der Waals surface area contributed by atoms with Gasteiger partial charge in [0, 0.05) is 36.1 Å². The van der Waals surface area contributed by atoms with E-state index in [1.54, 1.807) is 12.1 Å². The van der Waals surface area contributed by atoms with Crippen molar-refractivity contribution in [3.8, 4) is 17.0 Å². The second-order valence-corrected chi connectivity index (χ2v) is 8.37. The third-order valence-electron chi connectivity index (χ3n) is 5.62. The third-order valence-corrected chi connectivity index (χ3v) is 5.62. The molecule has 4 N–H and O–H groups in total. The maximum atomic E-state index is 14.9. The highest BCUT2D eigenvalue weighted by Crippen LogP contribution is 2.39. The topological polar surface area (TPSA) is 114 Å². The number of nitrogens with one attached hydrogen (secondary N) is 2. The molecule has 0 radical (unpaired) electrons. The summed E-state index contributed by atoms with van der Waals surface area (Å²) >= 11 is 0. The third kappa shape index (κ3) is 4.54. The Labute approximate surface area is 200 Å². The van der Waals surface area contributed by atoms with Crippen molar-refractivity contribution < 1.29 is 17.9 Å². The molecule has 0 spiro atoms. The van der Waals surface area contributed by atoms with E-state index < -0.39 is 11.6 Å². The van der Waals surface area contributed by atoms with Crippen LogP contribution in [0.2, 0.25) is 0 Å². The van der Waals surface area contributed by atoms with Gasteiger partial charge in [0.15, 0.2) is 23.3 Å². The van der Waals surface area contributed by atoms with Crippen LogP contribution < -0.4 is 26.0 Å². The SMILES string of the molecule is CC(C)N1CCOc2c(F)cc(-c3nc(Nc4ccc5cc(NCCN)oc5n4)ncc3F)cc21. The second kappa shape index (κ2) is 9.34. The lowest BCUT2D eigenvalue weighted by Gasteiger charge is -2.34. The summed E-state index contributed by atoms with van der Waals surface area (Å²) in [5.74, 6) is -0.00335. The Hall–Kier alpha value is -3.99. The summed E-state index contributed by atoms with van der Waals surface area (Å²) in [6, 6.07) is 8.41. The van der Waals surface area contributed by atoms with Gasteiger partial charge in [-0.3, -0.25) is 0 Å². The van der Waals surface area contributed by atoms with Gasteiger partial charge in [-0.15, -0.1) is 0 Å². The number of hydrogen-bond donors (Lipinski definition) is 3. The molecular weight excluding hydrogens is 456 g/mol. The smallest absolute Gasteiger partial charge is 0.230 e. The van der Waals surface area contributed by atoms with Crippen LogP contribution in [-0.4, -0.2) is 47.2 Å². The fourth-order valence-electron chi connectivity index (χ4n) is 3.99. The van der Waals surface area contributed by atoms with Gasteiger partial charge in [0.25, 0.3) is 0 Å². The standard InChI is InChI=1S/C24H25F2N7O2/c1-13(2)33-7-8-34-22-16(25)9-15(10-18(22)33)21-17(26)12-29-24(32-21)31-19-4-3-14-11-20(28-6-5-27)35-23(14)30-19/h3-4,9-13,28H,5-8,27H2,1-2H3,(H,29,30,31,32). The summed E-state index contributed by atoms with van der Waals surface area (Å²) in [4.78, 5) is 14.8. The van der Waals surface area contributed by atoms with Crippen LogP contribution in [0.3, 0.4) is 0 Å². The number of nitrogens with two attached hydrogens (primary N) is 1. The Balaban J connectivity index is 1.46. The van der Waals surface area contributed by atoms with Crippen LogP contribution in [0.25, 0.3) is 22.4 Å². The van der Waals surface area contributed by atoms with Crippen LogP contribution in [0.15, 0.2) is 40.9 Å². The number of ether oxygens (including phenoxy) is 1. The minimum absolute atomic E-state index is 0.0363. The molecule has 182 valence electrons. The lowest BCUT2D eigenvalue weighted by molar-refractivity contribution is 0.287. The highest BCUT2D eigenvalue weighted by atomic mass is 19.1. The van der Waals surface area contributed by atoms with Gasteiger partial charge in [0.1, 0.15) is 18.1 Å². The molecule has 4 heterocycles. The lowest BCUT2D eigenvalue weighted by atomic mass is 10.1. The average molecular weight is 482 g/mol. The lowest BCUT2D eigenvalue weighted by Crippen LogP contribution is -2.38. The van der Waals surface area contributed by atoms with E-state index in [1.165, 1.54) is 6.07 Å². The Morgan fingerprint density at radius 3 is 2.80 bits per heavy atom. The van der Waals surface area contributed by atoms with Crippen LogP contribution >= 0.6 is 0 Å². The molecular formula is C24H25F2N7O2.